The molecule has 0 saturated carbocycles. The Hall–Kier alpha value is -0.820. The molecule has 1 aromatic carbocycles. The Morgan fingerprint density at radius 2 is 1.00 bits per heavy atom. The van der Waals surface area contributed by atoms with Crippen molar-refractivity contribution in [2.45, 2.75) is 123 Å². The second kappa shape index (κ2) is 18.5. The second-order valence-electron chi connectivity index (χ2n) is 8.39. The first kappa shape index (κ1) is 24.2. The maximum absolute atomic E-state index is 3.65. The van der Waals surface area contributed by atoms with Crippen LogP contribution in [0.25, 0.3) is 0 Å². The molecular weight excluding hydrogens is 326 g/mol. The number of hydrogen-bond donors (Lipinski definition) is 1. The maximum Gasteiger partial charge on any atom is 0.0291 e. The highest BCUT2D eigenvalue weighted by Crippen LogP contribution is 2.14. The molecule has 0 aliphatic rings. The molecule has 0 amide bonds. The normalized spacial score (nSPS) is 12.4. The van der Waals surface area contributed by atoms with Gasteiger partial charge in [-0.3, -0.25) is 0 Å². The second-order valence-corrected chi connectivity index (χ2v) is 8.39. The van der Waals surface area contributed by atoms with E-state index in [4.69, 9.17) is 0 Å². The molecule has 27 heavy (non-hydrogen) atoms. The highest BCUT2D eigenvalue weighted by atomic mass is 14.9. The van der Waals surface area contributed by atoms with E-state index in [1.165, 1.54) is 108 Å². The van der Waals surface area contributed by atoms with E-state index in [0.717, 1.165) is 6.54 Å². The van der Waals surface area contributed by atoms with Crippen molar-refractivity contribution in [1.29, 1.82) is 0 Å². The minimum atomic E-state index is 0.475. The van der Waals surface area contributed by atoms with Gasteiger partial charge in [0.2, 0.25) is 0 Å². The molecule has 0 fully saturated rings. The summed E-state index contributed by atoms with van der Waals surface area (Å²) >= 11 is 0. The molecule has 0 aromatic heterocycles. The molecule has 1 atom stereocenters. The fraction of sp³-hybridized carbons (Fsp3) is 0.769. The van der Waals surface area contributed by atoms with Crippen molar-refractivity contribution in [1.82, 2.24) is 5.32 Å². The van der Waals surface area contributed by atoms with Crippen LogP contribution in [0, 0.1) is 0 Å². The zero-order valence-corrected chi connectivity index (χ0v) is 18.5. The average molecular weight is 374 g/mol. The number of benzene rings is 1. The van der Waals surface area contributed by atoms with E-state index in [9.17, 15) is 0 Å². The molecule has 1 rings (SSSR count). The fourth-order valence-corrected chi connectivity index (χ4v) is 3.85. The van der Waals surface area contributed by atoms with Gasteiger partial charge in [0.05, 0.1) is 0 Å². The third kappa shape index (κ3) is 14.9. The highest BCUT2D eigenvalue weighted by molar-refractivity contribution is 5.17. The molecule has 1 heteroatoms. The summed E-state index contributed by atoms with van der Waals surface area (Å²) in [5, 5.41) is 3.65. The summed E-state index contributed by atoms with van der Waals surface area (Å²) in [4.78, 5) is 0. The Morgan fingerprint density at radius 1 is 0.593 bits per heavy atom. The Bertz CT molecular complexity index is 400. The summed E-state index contributed by atoms with van der Waals surface area (Å²) in [5.74, 6) is 0. The van der Waals surface area contributed by atoms with E-state index in [1.54, 1.807) is 0 Å². The van der Waals surface area contributed by atoms with Gasteiger partial charge in [0.25, 0.3) is 0 Å². The number of rotatable bonds is 19. The van der Waals surface area contributed by atoms with Crippen LogP contribution in [0.4, 0.5) is 0 Å². The third-order valence-corrected chi connectivity index (χ3v) is 5.78. The summed E-state index contributed by atoms with van der Waals surface area (Å²) in [6, 6.07) is 11.2. The molecule has 156 valence electrons. The van der Waals surface area contributed by atoms with E-state index in [1.807, 2.05) is 0 Å². The summed E-state index contributed by atoms with van der Waals surface area (Å²) in [6.07, 6.45) is 23.0. The molecule has 0 bridgehead atoms. The Kier molecular flexibility index (Phi) is 16.6. The first-order chi connectivity index (χ1) is 13.3. The van der Waals surface area contributed by atoms with Crippen molar-refractivity contribution in [2.75, 3.05) is 6.54 Å². The zero-order valence-electron chi connectivity index (χ0n) is 18.5. The SMILES string of the molecule is CCCCCCCCCCCCCCCCCCNC(C)c1ccccc1. The molecule has 0 aliphatic heterocycles. The quantitative estimate of drug-likeness (QED) is 0.239. The largest absolute Gasteiger partial charge is 0.310 e. The smallest absolute Gasteiger partial charge is 0.0291 e. The van der Waals surface area contributed by atoms with Crippen LogP contribution in [0.2, 0.25) is 0 Å². The molecule has 1 N–H and O–H groups in total. The zero-order chi connectivity index (χ0) is 19.4. The topological polar surface area (TPSA) is 12.0 Å². The minimum absolute atomic E-state index is 0.475. The Labute approximate surface area is 170 Å². The van der Waals surface area contributed by atoms with Crippen LogP contribution >= 0.6 is 0 Å². The van der Waals surface area contributed by atoms with Crippen LogP contribution in [0.3, 0.4) is 0 Å². The van der Waals surface area contributed by atoms with E-state index in [-0.39, 0.29) is 0 Å². The van der Waals surface area contributed by atoms with Crippen molar-refractivity contribution in [2.24, 2.45) is 0 Å². The van der Waals surface area contributed by atoms with Crippen molar-refractivity contribution in [3.8, 4) is 0 Å². The van der Waals surface area contributed by atoms with Crippen LogP contribution in [-0.2, 0) is 0 Å². The summed E-state index contributed by atoms with van der Waals surface area (Å²) < 4.78 is 0. The predicted molar refractivity (Wildman–Crippen MR) is 122 cm³/mol. The van der Waals surface area contributed by atoms with Gasteiger partial charge >= 0.3 is 0 Å². The van der Waals surface area contributed by atoms with Gasteiger partial charge in [0.1, 0.15) is 0 Å². The van der Waals surface area contributed by atoms with Gasteiger partial charge in [-0.1, -0.05) is 134 Å². The minimum Gasteiger partial charge on any atom is -0.310 e. The van der Waals surface area contributed by atoms with Gasteiger partial charge in [-0.2, -0.15) is 0 Å². The van der Waals surface area contributed by atoms with E-state index in [2.05, 4.69) is 49.5 Å². The monoisotopic (exact) mass is 373 g/mol. The Morgan fingerprint density at radius 3 is 1.44 bits per heavy atom. The van der Waals surface area contributed by atoms with Gasteiger partial charge in [-0.25, -0.2) is 0 Å². The predicted octanol–water partition coefficient (Wildman–Crippen LogP) is 8.60. The van der Waals surface area contributed by atoms with E-state index >= 15 is 0 Å². The first-order valence-electron chi connectivity index (χ1n) is 12.1. The lowest BCUT2D eigenvalue weighted by molar-refractivity contribution is 0.512. The van der Waals surface area contributed by atoms with Gasteiger partial charge < -0.3 is 5.32 Å². The molecule has 1 unspecified atom stereocenters. The number of nitrogens with one attached hydrogen (secondary N) is 1. The lowest BCUT2D eigenvalue weighted by Crippen LogP contribution is -2.19. The van der Waals surface area contributed by atoms with E-state index in [0.29, 0.717) is 6.04 Å². The van der Waals surface area contributed by atoms with Crippen LogP contribution < -0.4 is 5.32 Å². The van der Waals surface area contributed by atoms with Crippen LogP contribution in [-0.4, -0.2) is 6.54 Å². The summed E-state index contributed by atoms with van der Waals surface area (Å²) in [7, 11) is 0. The van der Waals surface area contributed by atoms with Crippen molar-refractivity contribution >= 4 is 0 Å². The van der Waals surface area contributed by atoms with Crippen molar-refractivity contribution < 1.29 is 0 Å². The van der Waals surface area contributed by atoms with Gasteiger partial charge in [-0.05, 0) is 25.5 Å². The summed E-state index contributed by atoms with van der Waals surface area (Å²) in [5.41, 5.74) is 1.40. The highest BCUT2D eigenvalue weighted by Gasteiger charge is 2.02. The number of hydrogen-bond acceptors (Lipinski definition) is 1. The Balaban J connectivity index is 1.74. The van der Waals surface area contributed by atoms with Crippen molar-refractivity contribution in [3.05, 3.63) is 35.9 Å². The molecule has 0 spiro atoms. The van der Waals surface area contributed by atoms with Crippen molar-refractivity contribution in [3.63, 3.8) is 0 Å². The lowest BCUT2D eigenvalue weighted by atomic mass is 10.0. The molecule has 0 heterocycles. The molecule has 0 saturated heterocycles. The molecule has 0 aliphatic carbocycles. The molecule has 1 nitrogen and oxygen atoms in total. The van der Waals surface area contributed by atoms with Gasteiger partial charge in [-0.15, -0.1) is 0 Å². The van der Waals surface area contributed by atoms with Gasteiger partial charge in [0, 0.05) is 6.04 Å². The lowest BCUT2D eigenvalue weighted by Gasteiger charge is -2.13. The molecular formula is C26H47N. The average Bonchev–Trinajstić information content (AvgIpc) is 2.70. The first-order valence-corrected chi connectivity index (χ1v) is 12.1. The van der Waals surface area contributed by atoms with Crippen LogP contribution in [0.1, 0.15) is 128 Å². The molecule has 0 radical (unpaired) electrons. The van der Waals surface area contributed by atoms with Crippen LogP contribution in [0.15, 0.2) is 30.3 Å². The van der Waals surface area contributed by atoms with E-state index < -0.39 is 0 Å². The van der Waals surface area contributed by atoms with Crippen LogP contribution in [0.5, 0.6) is 0 Å². The third-order valence-electron chi connectivity index (χ3n) is 5.78. The summed E-state index contributed by atoms with van der Waals surface area (Å²) in [6.45, 7) is 5.71. The number of unbranched alkanes of at least 4 members (excludes halogenated alkanes) is 15. The van der Waals surface area contributed by atoms with Gasteiger partial charge in [0.15, 0.2) is 0 Å². The standard InChI is InChI=1S/C26H47N/c1-3-4-5-6-7-8-9-10-11-12-13-14-15-16-17-21-24-27-25(2)26-22-19-18-20-23-26/h18-20,22-23,25,27H,3-17,21,24H2,1-2H3. The maximum atomic E-state index is 3.65. The fourth-order valence-electron chi connectivity index (χ4n) is 3.85. The molecule has 1 aromatic rings.